The molecule has 0 spiro atoms. The molecule has 0 saturated carbocycles. The zero-order valence-electron chi connectivity index (χ0n) is 21.1. The standard InChI is InChI=1S/C25H22N2O4.C5H5N.2ClH/c26-25(28)20-8-13-24-19(17-20)5-4-14-27(24)18-29-15-16-30-21-9-11-23(12-10-21)31-22-6-2-1-3-7-22;1-2-4-6-5-3-1;;/h1-14,17H,15-16,18H2,(H-,26,28);1-5H;2*1H. The summed E-state index contributed by atoms with van der Waals surface area (Å²) in [5.41, 5.74) is 6.80. The molecule has 0 aliphatic carbocycles. The van der Waals surface area contributed by atoms with Crippen LogP contribution in [-0.4, -0.2) is 19.1 Å². The first-order valence-corrected chi connectivity index (χ1v) is 11.9. The van der Waals surface area contributed by atoms with Gasteiger partial charge < -0.3 is 44.8 Å². The number of hydrogen-bond acceptors (Lipinski definition) is 4. The van der Waals surface area contributed by atoms with Gasteiger partial charge in [0, 0.05) is 35.2 Å². The number of rotatable bonds is 9. The van der Waals surface area contributed by atoms with Crippen molar-refractivity contribution in [1.29, 1.82) is 0 Å². The van der Waals surface area contributed by atoms with Gasteiger partial charge in [-0.15, -0.1) is 0 Å². The molecule has 3 N–H and O–H groups in total. The molecule has 0 fully saturated rings. The number of carbonyl (C=O) groups is 1. The lowest BCUT2D eigenvalue weighted by molar-refractivity contribution is -0.709. The van der Waals surface area contributed by atoms with Crippen molar-refractivity contribution in [1.82, 2.24) is 0 Å². The van der Waals surface area contributed by atoms with Crippen molar-refractivity contribution in [2.24, 2.45) is 5.73 Å². The lowest BCUT2D eigenvalue weighted by atomic mass is 10.1. The van der Waals surface area contributed by atoms with Gasteiger partial charge in [0.2, 0.25) is 11.4 Å². The third-order valence-corrected chi connectivity index (χ3v) is 5.30. The van der Waals surface area contributed by atoms with E-state index in [4.69, 9.17) is 19.9 Å². The van der Waals surface area contributed by atoms with Crippen molar-refractivity contribution in [2.75, 3.05) is 13.2 Å². The molecular formula is C30H29Cl2N3O4. The van der Waals surface area contributed by atoms with E-state index in [1.165, 1.54) is 0 Å². The van der Waals surface area contributed by atoms with E-state index in [0.717, 1.165) is 28.2 Å². The van der Waals surface area contributed by atoms with Crippen molar-refractivity contribution in [3.05, 3.63) is 127 Å². The van der Waals surface area contributed by atoms with E-state index in [2.05, 4.69) is 4.98 Å². The Morgan fingerprint density at radius 2 is 1.41 bits per heavy atom. The summed E-state index contributed by atoms with van der Waals surface area (Å²) in [6.45, 7) is 1.24. The highest BCUT2D eigenvalue weighted by Crippen LogP contribution is 2.23. The minimum Gasteiger partial charge on any atom is -1.00 e. The average molecular weight is 566 g/mol. The molecule has 0 saturated heterocycles. The Morgan fingerprint density at radius 3 is 2.05 bits per heavy atom. The number of halogens is 2. The zero-order chi connectivity index (χ0) is 25.7. The summed E-state index contributed by atoms with van der Waals surface area (Å²) in [4.78, 5) is 14.3. The molecule has 3 aromatic carbocycles. The Hall–Kier alpha value is -4.17. The SMILES string of the molecule is NC(=O)c1ccc2c(ccc[n+]2COCCOc2ccc(Oc3ccccc3)cc2)c1.[Cl-].[Cl-].c1cc[nH+]cc1. The number of pyridine rings is 2. The first-order valence-electron chi connectivity index (χ1n) is 11.9. The number of primary amides is 1. The fraction of sp³-hybridized carbons (Fsp3) is 0.100. The van der Waals surface area contributed by atoms with Crippen LogP contribution >= 0.6 is 0 Å². The Morgan fingerprint density at radius 1 is 0.744 bits per heavy atom. The summed E-state index contributed by atoms with van der Waals surface area (Å²) in [7, 11) is 0. The maximum absolute atomic E-state index is 11.4. The molecule has 9 heteroatoms. The number of aromatic amines is 1. The van der Waals surface area contributed by atoms with Crippen LogP contribution < -0.4 is 49.6 Å². The van der Waals surface area contributed by atoms with Crippen LogP contribution in [0.4, 0.5) is 0 Å². The van der Waals surface area contributed by atoms with Crippen molar-refractivity contribution in [3.8, 4) is 17.2 Å². The van der Waals surface area contributed by atoms with Crippen LogP contribution in [-0.2, 0) is 11.5 Å². The Labute approximate surface area is 240 Å². The monoisotopic (exact) mass is 565 g/mol. The van der Waals surface area contributed by atoms with Crippen LogP contribution in [0, 0.1) is 0 Å². The second-order valence-electron chi connectivity index (χ2n) is 7.97. The van der Waals surface area contributed by atoms with Crippen LogP contribution in [0.1, 0.15) is 10.4 Å². The van der Waals surface area contributed by atoms with Crippen LogP contribution in [0.3, 0.4) is 0 Å². The van der Waals surface area contributed by atoms with E-state index < -0.39 is 5.91 Å². The van der Waals surface area contributed by atoms with E-state index in [0.29, 0.717) is 25.5 Å². The number of hydrogen-bond donors (Lipinski definition) is 1. The van der Waals surface area contributed by atoms with E-state index in [1.54, 1.807) is 12.1 Å². The molecule has 2 aromatic heterocycles. The number of para-hydroxylation sites is 1. The zero-order valence-corrected chi connectivity index (χ0v) is 22.6. The molecule has 0 aliphatic heterocycles. The summed E-state index contributed by atoms with van der Waals surface area (Å²) in [5.74, 6) is 1.86. The number of H-pyrrole nitrogens is 1. The average Bonchev–Trinajstić information content (AvgIpc) is 2.95. The van der Waals surface area contributed by atoms with Crippen LogP contribution in [0.2, 0.25) is 0 Å². The first kappa shape index (κ1) is 31.1. The number of amides is 1. The molecule has 0 radical (unpaired) electrons. The van der Waals surface area contributed by atoms with Gasteiger partial charge in [0.25, 0.3) is 6.73 Å². The van der Waals surface area contributed by atoms with Gasteiger partial charge in [-0.2, -0.15) is 4.57 Å². The third-order valence-electron chi connectivity index (χ3n) is 5.30. The molecule has 2 heterocycles. The molecule has 39 heavy (non-hydrogen) atoms. The van der Waals surface area contributed by atoms with Crippen LogP contribution in [0.15, 0.2) is 122 Å². The number of aromatic nitrogens is 2. The summed E-state index contributed by atoms with van der Waals surface area (Å²) < 4.78 is 19.2. The van der Waals surface area contributed by atoms with Crippen molar-refractivity contribution in [2.45, 2.75) is 6.73 Å². The quantitative estimate of drug-likeness (QED) is 0.175. The molecule has 0 bridgehead atoms. The van der Waals surface area contributed by atoms with Crippen molar-refractivity contribution >= 4 is 16.8 Å². The first-order chi connectivity index (χ1) is 18.2. The smallest absolute Gasteiger partial charge is 0.253 e. The Balaban J connectivity index is 0.000000591. The minimum absolute atomic E-state index is 0. The number of benzene rings is 3. The molecule has 0 aliphatic rings. The predicted molar refractivity (Wildman–Crippen MR) is 140 cm³/mol. The van der Waals surface area contributed by atoms with E-state index in [1.807, 2.05) is 114 Å². The fourth-order valence-corrected chi connectivity index (χ4v) is 3.50. The normalized spacial score (nSPS) is 9.74. The Kier molecular flexibility index (Phi) is 13.2. The van der Waals surface area contributed by atoms with E-state index >= 15 is 0 Å². The lowest BCUT2D eigenvalue weighted by Gasteiger charge is -2.08. The molecular weight excluding hydrogens is 537 g/mol. The maximum Gasteiger partial charge on any atom is 0.253 e. The topological polar surface area (TPSA) is 88.8 Å². The number of carbonyl (C=O) groups excluding carboxylic acids is 1. The second-order valence-corrected chi connectivity index (χ2v) is 7.97. The summed E-state index contributed by atoms with van der Waals surface area (Å²) in [6.07, 6.45) is 5.68. The minimum atomic E-state index is -0.439. The highest BCUT2D eigenvalue weighted by atomic mass is 35.5. The number of fused-ring (bicyclic) bond motifs is 1. The second kappa shape index (κ2) is 16.6. The van der Waals surface area contributed by atoms with Gasteiger partial charge in [0.1, 0.15) is 23.9 Å². The number of ether oxygens (including phenoxy) is 3. The number of nitrogens with one attached hydrogen (secondary N) is 1. The van der Waals surface area contributed by atoms with Crippen LogP contribution in [0.5, 0.6) is 17.2 Å². The summed E-state index contributed by atoms with van der Waals surface area (Å²) in [5, 5.41) is 0.927. The van der Waals surface area contributed by atoms with E-state index in [-0.39, 0.29) is 24.8 Å². The highest BCUT2D eigenvalue weighted by molar-refractivity contribution is 5.96. The number of nitrogens with two attached hydrogens (primary N) is 1. The molecule has 5 rings (SSSR count). The Bertz CT molecular complexity index is 1380. The molecule has 7 nitrogen and oxygen atoms in total. The van der Waals surface area contributed by atoms with E-state index in [9.17, 15) is 4.79 Å². The van der Waals surface area contributed by atoms with Gasteiger partial charge in [0.05, 0.1) is 6.61 Å². The highest BCUT2D eigenvalue weighted by Gasteiger charge is 2.10. The van der Waals surface area contributed by atoms with Gasteiger partial charge in [0.15, 0.2) is 18.6 Å². The third kappa shape index (κ3) is 9.90. The van der Waals surface area contributed by atoms with Crippen molar-refractivity contribution < 1.29 is 53.4 Å². The summed E-state index contributed by atoms with van der Waals surface area (Å²) >= 11 is 0. The molecule has 5 aromatic rings. The van der Waals surface area contributed by atoms with Gasteiger partial charge >= 0.3 is 0 Å². The molecule has 0 atom stereocenters. The summed E-state index contributed by atoms with van der Waals surface area (Å²) in [6, 6.07) is 32.2. The van der Waals surface area contributed by atoms with Gasteiger partial charge in [-0.3, -0.25) is 4.79 Å². The fourth-order valence-electron chi connectivity index (χ4n) is 3.50. The van der Waals surface area contributed by atoms with Gasteiger partial charge in [-0.1, -0.05) is 24.3 Å². The molecule has 202 valence electrons. The largest absolute Gasteiger partial charge is 1.00 e. The van der Waals surface area contributed by atoms with Gasteiger partial charge in [-0.25, -0.2) is 4.98 Å². The van der Waals surface area contributed by atoms with Crippen LogP contribution in [0.25, 0.3) is 10.9 Å². The van der Waals surface area contributed by atoms with Gasteiger partial charge in [-0.05, 0) is 54.6 Å². The molecule has 0 unspecified atom stereocenters. The maximum atomic E-state index is 11.4. The number of nitrogens with zero attached hydrogens (tertiary/aromatic N) is 1. The van der Waals surface area contributed by atoms with Crippen molar-refractivity contribution in [3.63, 3.8) is 0 Å². The molecule has 1 amide bonds. The lowest BCUT2D eigenvalue weighted by Crippen LogP contribution is -3.00. The predicted octanol–water partition coefficient (Wildman–Crippen LogP) is -1.42.